The Bertz CT molecular complexity index is 12.3. The summed E-state index contributed by atoms with van der Waals surface area (Å²) in [6.45, 7) is 10.0. The third-order valence-corrected chi connectivity index (χ3v) is 0.577. The second-order valence-electron chi connectivity index (χ2n) is 0.966. The van der Waals surface area contributed by atoms with Crippen LogP contribution in [-0.4, -0.2) is 13.2 Å². The van der Waals surface area contributed by atoms with Gasteiger partial charge < -0.3 is 4.74 Å². The van der Waals surface area contributed by atoms with Crippen LogP contribution in [0.3, 0.4) is 0 Å². The number of rotatable bonds is 0. The van der Waals surface area contributed by atoms with Crippen LogP contribution < -0.4 is 0 Å². The summed E-state index contributed by atoms with van der Waals surface area (Å²) >= 11 is 0. The van der Waals surface area contributed by atoms with Gasteiger partial charge in [-0.2, -0.15) is 0 Å². The largest absolute Gasteiger partial charge is 0.381 e. The topological polar surface area (TPSA) is 9.23 Å². The third kappa shape index (κ3) is 9.35. The highest BCUT2D eigenvalue weighted by Crippen LogP contribution is 1.93. The van der Waals surface area contributed by atoms with Crippen molar-refractivity contribution in [1.29, 1.82) is 0 Å². The molecule has 0 bridgehead atoms. The highest BCUT2D eigenvalue weighted by atomic mass is 16.5. The summed E-state index contributed by atoms with van der Waals surface area (Å²) in [6.07, 6.45) is 1.28. The van der Waals surface area contributed by atoms with Crippen molar-refractivity contribution in [2.45, 2.75) is 34.1 Å². The second kappa shape index (κ2) is 15.8. The first-order valence-corrected chi connectivity index (χ1v) is 3.58. The molecule has 1 aliphatic heterocycles. The molecular formula is C7H18O. The molecule has 0 spiro atoms. The van der Waals surface area contributed by atoms with Gasteiger partial charge in [-0.1, -0.05) is 27.7 Å². The second-order valence-corrected chi connectivity index (χ2v) is 0.966. The lowest BCUT2D eigenvalue weighted by molar-refractivity contribution is 0.0367. The predicted octanol–water partition coefficient (Wildman–Crippen LogP) is 2.46. The van der Waals surface area contributed by atoms with Gasteiger partial charge in [0.2, 0.25) is 0 Å². The molecule has 0 aromatic carbocycles. The first-order chi connectivity index (χ1) is 4.00. The summed E-state index contributed by atoms with van der Waals surface area (Å²) in [4.78, 5) is 0. The van der Waals surface area contributed by atoms with E-state index in [9.17, 15) is 0 Å². The van der Waals surface area contributed by atoms with E-state index in [1.54, 1.807) is 0 Å². The monoisotopic (exact) mass is 118 g/mol. The van der Waals surface area contributed by atoms with E-state index in [0.29, 0.717) is 0 Å². The van der Waals surface area contributed by atoms with Crippen LogP contribution in [0.1, 0.15) is 34.1 Å². The molecular weight excluding hydrogens is 100 g/mol. The average Bonchev–Trinajstić information content (AvgIpc) is 1.72. The zero-order chi connectivity index (χ0) is 6.83. The van der Waals surface area contributed by atoms with Gasteiger partial charge in [0.05, 0.1) is 0 Å². The maximum absolute atomic E-state index is 4.72. The lowest BCUT2D eigenvalue weighted by Crippen LogP contribution is -2.09. The first-order valence-electron chi connectivity index (χ1n) is 3.58. The molecule has 1 nitrogen and oxygen atoms in total. The average molecular weight is 118 g/mol. The normalized spacial score (nSPS) is 13.5. The highest BCUT2D eigenvalue weighted by Gasteiger charge is 1.94. The quantitative estimate of drug-likeness (QED) is 0.474. The van der Waals surface area contributed by atoms with E-state index in [1.807, 2.05) is 27.7 Å². The van der Waals surface area contributed by atoms with Gasteiger partial charge >= 0.3 is 0 Å². The van der Waals surface area contributed by atoms with Crippen LogP contribution in [0.4, 0.5) is 0 Å². The molecule has 0 N–H and O–H groups in total. The molecule has 1 heterocycles. The molecule has 0 radical (unpaired) electrons. The lowest BCUT2D eigenvalue weighted by atomic mass is 10.4. The maximum Gasteiger partial charge on any atom is 0.0488 e. The molecule has 0 saturated carbocycles. The van der Waals surface area contributed by atoms with E-state index in [4.69, 9.17) is 4.74 Å². The van der Waals surface area contributed by atoms with E-state index < -0.39 is 0 Å². The van der Waals surface area contributed by atoms with E-state index in [2.05, 4.69) is 0 Å². The minimum atomic E-state index is 1.00. The molecule has 1 saturated heterocycles. The molecule has 0 aliphatic carbocycles. The van der Waals surface area contributed by atoms with E-state index in [-0.39, 0.29) is 0 Å². The summed E-state index contributed by atoms with van der Waals surface area (Å²) in [7, 11) is 0. The van der Waals surface area contributed by atoms with Crippen LogP contribution in [0.15, 0.2) is 0 Å². The fourth-order valence-electron chi connectivity index (χ4n) is 0.144. The molecule has 8 heavy (non-hydrogen) atoms. The van der Waals surface area contributed by atoms with Gasteiger partial charge in [-0.25, -0.2) is 0 Å². The maximum atomic E-state index is 4.72. The smallest absolute Gasteiger partial charge is 0.0488 e. The van der Waals surface area contributed by atoms with Crippen molar-refractivity contribution in [3.05, 3.63) is 0 Å². The van der Waals surface area contributed by atoms with Gasteiger partial charge in [0.15, 0.2) is 0 Å². The Balaban J connectivity index is 0. The van der Waals surface area contributed by atoms with E-state index in [1.165, 1.54) is 6.42 Å². The Hall–Kier alpha value is -0.0400. The number of ether oxygens (including phenoxy) is 1. The van der Waals surface area contributed by atoms with Gasteiger partial charge in [-0.3, -0.25) is 0 Å². The van der Waals surface area contributed by atoms with Crippen LogP contribution in [0, 0.1) is 0 Å². The van der Waals surface area contributed by atoms with Crippen LogP contribution in [-0.2, 0) is 4.74 Å². The predicted molar refractivity (Wildman–Crippen MR) is 38.1 cm³/mol. The van der Waals surface area contributed by atoms with E-state index in [0.717, 1.165) is 13.2 Å². The van der Waals surface area contributed by atoms with Crippen molar-refractivity contribution in [1.82, 2.24) is 0 Å². The Morgan fingerprint density at radius 1 is 0.875 bits per heavy atom. The molecule has 1 heteroatoms. The molecule has 1 fully saturated rings. The Kier molecular flexibility index (Phi) is 21.4. The molecule has 0 aromatic heterocycles. The fourth-order valence-corrected chi connectivity index (χ4v) is 0.144. The Morgan fingerprint density at radius 2 is 1.00 bits per heavy atom. The van der Waals surface area contributed by atoms with Crippen LogP contribution in [0.2, 0.25) is 0 Å². The summed E-state index contributed by atoms with van der Waals surface area (Å²) in [6, 6.07) is 0. The lowest BCUT2D eigenvalue weighted by Gasteiger charge is -2.09. The zero-order valence-corrected chi connectivity index (χ0v) is 6.53. The molecule has 1 rings (SSSR count). The van der Waals surface area contributed by atoms with Crippen LogP contribution in [0.5, 0.6) is 0 Å². The minimum absolute atomic E-state index is 1.00. The first kappa shape index (κ1) is 10.9. The van der Waals surface area contributed by atoms with Gasteiger partial charge in [0.1, 0.15) is 0 Å². The van der Waals surface area contributed by atoms with Crippen molar-refractivity contribution < 1.29 is 4.74 Å². The van der Waals surface area contributed by atoms with Gasteiger partial charge in [-0.05, 0) is 6.42 Å². The summed E-state index contributed by atoms with van der Waals surface area (Å²) in [5, 5.41) is 0. The van der Waals surface area contributed by atoms with Crippen molar-refractivity contribution in [3.63, 3.8) is 0 Å². The molecule has 0 unspecified atom stereocenters. The Morgan fingerprint density at radius 3 is 1.00 bits per heavy atom. The summed E-state index contributed by atoms with van der Waals surface area (Å²) in [5.74, 6) is 0. The van der Waals surface area contributed by atoms with E-state index >= 15 is 0 Å². The number of hydrogen-bond donors (Lipinski definition) is 0. The summed E-state index contributed by atoms with van der Waals surface area (Å²) < 4.78 is 4.72. The standard InChI is InChI=1S/C3H6O.2C2H6/c1-2-4-3-1;2*1-2/h1-3H2;2*1-2H3. The van der Waals surface area contributed by atoms with Gasteiger partial charge in [0.25, 0.3) is 0 Å². The zero-order valence-electron chi connectivity index (χ0n) is 6.53. The molecule has 52 valence electrons. The number of hydrogen-bond acceptors (Lipinski definition) is 1. The van der Waals surface area contributed by atoms with Crippen molar-refractivity contribution >= 4 is 0 Å². The minimum Gasteiger partial charge on any atom is -0.381 e. The molecule has 0 amide bonds. The van der Waals surface area contributed by atoms with Crippen molar-refractivity contribution in [2.24, 2.45) is 0 Å². The molecule has 0 aromatic rings. The molecule has 0 atom stereocenters. The van der Waals surface area contributed by atoms with Gasteiger partial charge in [0, 0.05) is 13.2 Å². The fraction of sp³-hybridized carbons (Fsp3) is 1.00. The highest BCUT2D eigenvalue weighted by molar-refractivity contribution is 4.41. The van der Waals surface area contributed by atoms with Crippen LogP contribution >= 0.6 is 0 Å². The van der Waals surface area contributed by atoms with Crippen molar-refractivity contribution in [2.75, 3.05) is 13.2 Å². The van der Waals surface area contributed by atoms with Crippen LogP contribution in [0.25, 0.3) is 0 Å². The third-order valence-electron chi connectivity index (χ3n) is 0.577. The summed E-state index contributed by atoms with van der Waals surface area (Å²) in [5.41, 5.74) is 0. The van der Waals surface area contributed by atoms with Crippen molar-refractivity contribution in [3.8, 4) is 0 Å². The Labute approximate surface area is 53.0 Å². The van der Waals surface area contributed by atoms with Gasteiger partial charge in [-0.15, -0.1) is 0 Å². The SMILES string of the molecule is C1COC1.CC.CC. The molecule has 1 aliphatic rings.